The molecule has 1 fully saturated rings. The van der Waals surface area contributed by atoms with Gasteiger partial charge in [-0.25, -0.2) is 0 Å². The summed E-state index contributed by atoms with van der Waals surface area (Å²) in [4.78, 5) is 35.7. The lowest BCUT2D eigenvalue weighted by Crippen LogP contribution is -2.34. The molecule has 2 rings (SSSR count). The summed E-state index contributed by atoms with van der Waals surface area (Å²) < 4.78 is 0.670. The molecule has 0 bridgehead atoms. The smallest absolute Gasteiger partial charge is 0.230 e. The number of Topliss-reactive ketones (excluding diaryl/α,β-unsaturated/α-hetero) is 1. The number of halogens is 1. The molecule has 88 valence electrons. The molecule has 0 radical (unpaired) electrons. The molecule has 1 aromatic carbocycles. The summed E-state index contributed by atoms with van der Waals surface area (Å²) in [5, 5.41) is 0. The minimum absolute atomic E-state index is 0.166. The average molecular weight is 296 g/mol. The van der Waals surface area contributed by atoms with Crippen LogP contribution in [0.4, 0.5) is 0 Å². The molecule has 1 aliphatic heterocycles. The number of hydrogen-bond donors (Lipinski definition) is 0. The molecule has 0 aliphatic carbocycles. The summed E-state index contributed by atoms with van der Waals surface area (Å²) in [6.45, 7) is -0.166. The van der Waals surface area contributed by atoms with E-state index in [-0.39, 0.29) is 37.0 Å². The van der Waals surface area contributed by atoms with Gasteiger partial charge in [0.05, 0.1) is 6.54 Å². The van der Waals surface area contributed by atoms with Gasteiger partial charge in [-0.1, -0.05) is 34.1 Å². The Labute approximate surface area is 107 Å². The first-order chi connectivity index (χ1) is 8.09. The summed E-state index contributed by atoms with van der Waals surface area (Å²) in [5.41, 5.74) is 0.486. The van der Waals surface area contributed by atoms with E-state index in [4.69, 9.17) is 0 Å². The third-order valence-corrected chi connectivity index (χ3v) is 3.32. The molecule has 0 saturated carbocycles. The summed E-state index contributed by atoms with van der Waals surface area (Å²) >= 11 is 3.27. The fraction of sp³-hybridized carbons (Fsp3) is 0.250. The molecule has 0 atom stereocenters. The monoisotopic (exact) mass is 295 g/mol. The Morgan fingerprint density at radius 1 is 1.18 bits per heavy atom. The fourth-order valence-electron chi connectivity index (χ4n) is 1.72. The molecule has 0 unspecified atom stereocenters. The van der Waals surface area contributed by atoms with Crippen LogP contribution in [0.25, 0.3) is 0 Å². The van der Waals surface area contributed by atoms with E-state index in [1.165, 1.54) is 0 Å². The Morgan fingerprint density at radius 2 is 1.76 bits per heavy atom. The van der Waals surface area contributed by atoms with Gasteiger partial charge in [-0.2, -0.15) is 0 Å². The van der Waals surface area contributed by atoms with Crippen LogP contribution in [0.5, 0.6) is 0 Å². The van der Waals surface area contributed by atoms with Crippen molar-refractivity contribution in [2.24, 2.45) is 0 Å². The highest BCUT2D eigenvalue weighted by molar-refractivity contribution is 9.10. The van der Waals surface area contributed by atoms with E-state index < -0.39 is 0 Å². The van der Waals surface area contributed by atoms with Crippen LogP contribution in [0.15, 0.2) is 28.7 Å². The van der Waals surface area contributed by atoms with E-state index >= 15 is 0 Å². The van der Waals surface area contributed by atoms with Crippen molar-refractivity contribution >= 4 is 33.5 Å². The first-order valence-electron chi connectivity index (χ1n) is 5.20. The molecule has 2 amide bonds. The number of likely N-dealkylation sites (tertiary alicyclic amines) is 1. The molecule has 17 heavy (non-hydrogen) atoms. The maximum Gasteiger partial charge on any atom is 0.230 e. The normalized spacial score (nSPS) is 15.5. The van der Waals surface area contributed by atoms with Crippen LogP contribution in [0, 0.1) is 0 Å². The first-order valence-corrected chi connectivity index (χ1v) is 6.00. The maximum absolute atomic E-state index is 11.9. The second-order valence-electron chi connectivity index (χ2n) is 3.78. The first kappa shape index (κ1) is 12.0. The van der Waals surface area contributed by atoms with E-state index in [9.17, 15) is 14.4 Å². The van der Waals surface area contributed by atoms with Crippen molar-refractivity contribution in [2.75, 3.05) is 6.54 Å². The molecule has 4 nitrogen and oxygen atoms in total. The molecule has 0 N–H and O–H groups in total. The van der Waals surface area contributed by atoms with Crippen LogP contribution in [0.2, 0.25) is 0 Å². The molecule has 1 aliphatic rings. The molecular formula is C12H10BrNO3. The highest BCUT2D eigenvalue weighted by Crippen LogP contribution is 2.18. The molecule has 1 aromatic rings. The van der Waals surface area contributed by atoms with Crippen LogP contribution in [0.1, 0.15) is 23.2 Å². The van der Waals surface area contributed by atoms with Gasteiger partial charge in [0, 0.05) is 22.9 Å². The van der Waals surface area contributed by atoms with Crippen molar-refractivity contribution in [3.05, 3.63) is 34.3 Å². The quantitative estimate of drug-likeness (QED) is 0.631. The van der Waals surface area contributed by atoms with Crippen LogP contribution >= 0.6 is 15.9 Å². The van der Waals surface area contributed by atoms with Gasteiger partial charge in [-0.15, -0.1) is 0 Å². The lowest BCUT2D eigenvalue weighted by Gasteiger charge is -2.13. The summed E-state index contributed by atoms with van der Waals surface area (Å²) in [6, 6.07) is 6.96. The predicted octanol–water partition coefficient (Wildman–Crippen LogP) is 1.78. The van der Waals surface area contributed by atoms with E-state index in [1.807, 2.05) is 0 Å². The van der Waals surface area contributed by atoms with Crippen LogP contribution in [0.3, 0.4) is 0 Å². The number of nitrogens with zero attached hydrogens (tertiary/aromatic N) is 1. The minimum Gasteiger partial charge on any atom is -0.292 e. The van der Waals surface area contributed by atoms with Crippen LogP contribution < -0.4 is 0 Å². The summed E-state index contributed by atoms with van der Waals surface area (Å²) in [5.74, 6) is -0.771. The zero-order valence-corrected chi connectivity index (χ0v) is 10.6. The molecule has 0 aromatic heterocycles. The summed E-state index contributed by atoms with van der Waals surface area (Å²) in [6.07, 6.45) is 0.421. The fourth-order valence-corrected chi connectivity index (χ4v) is 2.22. The standard InChI is InChI=1S/C12H10BrNO3/c13-9-4-2-1-3-8(9)10(15)7-14-11(16)5-6-12(14)17/h1-4H,5-7H2. The highest BCUT2D eigenvalue weighted by Gasteiger charge is 2.30. The van der Waals surface area contributed by atoms with Gasteiger partial charge < -0.3 is 0 Å². The number of carbonyl (C=O) groups is 3. The van der Waals surface area contributed by atoms with E-state index in [1.54, 1.807) is 24.3 Å². The third kappa shape index (κ3) is 2.44. The van der Waals surface area contributed by atoms with E-state index in [0.29, 0.717) is 10.0 Å². The SMILES string of the molecule is O=C(CN1C(=O)CCC1=O)c1ccccc1Br. The number of benzene rings is 1. The van der Waals surface area contributed by atoms with Crippen molar-refractivity contribution in [2.45, 2.75) is 12.8 Å². The number of imide groups is 1. The molecule has 5 heteroatoms. The second kappa shape index (κ2) is 4.79. The van der Waals surface area contributed by atoms with Gasteiger partial charge in [0.2, 0.25) is 11.8 Å². The zero-order valence-electron chi connectivity index (χ0n) is 8.98. The van der Waals surface area contributed by atoms with Crippen LogP contribution in [-0.2, 0) is 9.59 Å². The Balaban J connectivity index is 2.15. The zero-order chi connectivity index (χ0) is 12.4. The number of ketones is 1. The predicted molar refractivity (Wildman–Crippen MR) is 64.4 cm³/mol. The molecule has 0 spiro atoms. The Kier molecular flexibility index (Phi) is 3.38. The van der Waals surface area contributed by atoms with Gasteiger partial charge in [-0.05, 0) is 6.07 Å². The van der Waals surface area contributed by atoms with Gasteiger partial charge in [0.1, 0.15) is 0 Å². The van der Waals surface area contributed by atoms with Gasteiger partial charge >= 0.3 is 0 Å². The summed E-state index contributed by atoms with van der Waals surface area (Å²) in [7, 11) is 0. The van der Waals surface area contributed by atoms with Crippen molar-refractivity contribution in [1.82, 2.24) is 4.90 Å². The number of rotatable bonds is 3. The number of carbonyl (C=O) groups excluding carboxylic acids is 3. The Bertz CT molecular complexity index is 482. The lowest BCUT2D eigenvalue weighted by atomic mass is 10.1. The largest absolute Gasteiger partial charge is 0.292 e. The number of amides is 2. The minimum atomic E-state index is -0.268. The molecule has 1 heterocycles. The average Bonchev–Trinajstić information content (AvgIpc) is 2.61. The molecule has 1 saturated heterocycles. The van der Waals surface area contributed by atoms with Gasteiger partial charge in [-0.3, -0.25) is 19.3 Å². The lowest BCUT2D eigenvalue weighted by molar-refractivity contribution is -0.137. The van der Waals surface area contributed by atoms with Gasteiger partial charge in [0.15, 0.2) is 5.78 Å². The van der Waals surface area contributed by atoms with Crippen molar-refractivity contribution in [3.63, 3.8) is 0 Å². The van der Waals surface area contributed by atoms with Gasteiger partial charge in [0.25, 0.3) is 0 Å². The van der Waals surface area contributed by atoms with Crippen molar-refractivity contribution in [1.29, 1.82) is 0 Å². The van der Waals surface area contributed by atoms with E-state index in [2.05, 4.69) is 15.9 Å². The van der Waals surface area contributed by atoms with Crippen molar-refractivity contribution < 1.29 is 14.4 Å². The second-order valence-corrected chi connectivity index (χ2v) is 4.63. The Morgan fingerprint density at radius 3 is 2.35 bits per heavy atom. The topological polar surface area (TPSA) is 54.5 Å². The van der Waals surface area contributed by atoms with Crippen molar-refractivity contribution in [3.8, 4) is 0 Å². The highest BCUT2D eigenvalue weighted by atomic mass is 79.9. The number of hydrogen-bond acceptors (Lipinski definition) is 3. The van der Waals surface area contributed by atoms with Crippen LogP contribution in [-0.4, -0.2) is 29.0 Å². The maximum atomic E-state index is 11.9. The Hall–Kier alpha value is -1.49. The van der Waals surface area contributed by atoms with E-state index in [0.717, 1.165) is 4.90 Å². The molecular weight excluding hydrogens is 286 g/mol. The third-order valence-electron chi connectivity index (χ3n) is 2.63.